The van der Waals surface area contributed by atoms with E-state index in [0.717, 1.165) is 30.2 Å². The number of carbonyl (C=O) groups excluding carboxylic acids is 1. The molecule has 0 heterocycles. The molecule has 0 spiro atoms. The van der Waals surface area contributed by atoms with Crippen molar-refractivity contribution in [2.24, 2.45) is 5.92 Å². The van der Waals surface area contributed by atoms with E-state index in [-0.39, 0.29) is 35.8 Å². The molecular formula is C28H28F3NO6S. The number of amides is 1. The van der Waals surface area contributed by atoms with Gasteiger partial charge < -0.3 is 18.6 Å². The molecule has 0 aromatic heterocycles. The SMILES string of the molecule is COCCN(Cc1ccc(OC)c(OS(=O)(=O)c2cccc(C(F)(F)F)c2)c1)C(=O)[C@@H]1C[C@H]1c1ccccc1. The fourth-order valence-electron chi connectivity index (χ4n) is 4.34. The number of hydrogen-bond acceptors (Lipinski definition) is 6. The van der Waals surface area contributed by atoms with Gasteiger partial charge in [0.25, 0.3) is 0 Å². The second kappa shape index (κ2) is 11.7. The Kier molecular flexibility index (Phi) is 8.51. The summed E-state index contributed by atoms with van der Waals surface area (Å²) in [6, 6.07) is 17.6. The number of benzene rings is 3. The van der Waals surface area contributed by atoms with Gasteiger partial charge in [-0.3, -0.25) is 4.79 Å². The van der Waals surface area contributed by atoms with Crippen molar-refractivity contribution in [3.63, 3.8) is 0 Å². The third-order valence-electron chi connectivity index (χ3n) is 6.46. The molecule has 0 radical (unpaired) electrons. The van der Waals surface area contributed by atoms with Crippen molar-refractivity contribution < 1.29 is 40.0 Å². The first-order valence-corrected chi connectivity index (χ1v) is 13.6. The number of alkyl halides is 3. The summed E-state index contributed by atoms with van der Waals surface area (Å²) < 4.78 is 80.7. The quantitative estimate of drug-likeness (QED) is 0.296. The second-order valence-electron chi connectivity index (χ2n) is 9.16. The molecule has 1 aliphatic carbocycles. The van der Waals surface area contributed by atoms with Crippen molar-refractivity contribution in [3.8, 4) is 11.5 Å². The van der Waals surface area contributed by atoms with E-state index in [0.29, 0.717) is 24.8 Å². The van der Waals surface area contributed by atoms with Gasteiger partial charge in [0.2, 0.25) is 5.91 Å². The fourth-order valence-corrected chi connectivity index (χ4v) is 5.32. The van der Waals surface area contributed by atoms with Gasteiger partial charge >= 0.3 is 16.3 Å². The lowest BCUT2D eigenvalue weighted by Gasteiger charge is -2.23. The number of rotatable bonds is 11. The van der Waals surface area contributed by atoms with Crippen molar-refractivity contribution in [1.82, 2.24) is 4.90 Å². The zero-order valence-corrected chi connectivity index (χ0v) is 22.2. The van der Waals surface area contributed by atoms with Crippen LogP contribution in [0.25, 0.3) is 0 Å². The van der Waals surface area contributed by atoms with Crippen molar-refractivity contribution in [1.29, 1.82) is 0 Å². The molecule has 11 heteroatoms. The molecule has 7 nitrogen and oxygen atoms in total. The van der Waals surface area contributed by atoms with Crippen LogP contribution in [0.2, 0.25) is 0 Å². The third kappa shape index (κ3) is 6.90. The molecule has 1 amide bonds. The number of methoxy groups -OCH3 is 2. The van der Waals surface area contributed by atoms with Crippen molar-refractivity contribution in [2.45, 2.75) is 30.0 Å². The van der Waals surface area contributed by atoms with E-state index in [2.05, 4.69) is 0 Å². The molecule has 1 saturated carbocycles. The Morgan fingerprint density at radius 2 is 1.72 bits per heavy atom. The van der Waals surface area contributed by atoms with E-state index in [1.807, 2.05) is 30.3 Å². The zero-order valence-electron chi connectivity index (χ0n) is 21.4. The van der Waals surface area contributed by atoms with Crippen LogP contribution in [0.3, 0.4) is 0 Å². The average molecular weight is 564 g/mol. The normalized spacial score (nSPS) is 16.9. The van der Waals surface area contributed by atoms with Gasteiger partial charge in [-0.05, 0) is 53.8 Å². The minimum Gasteiger partial charge on any atom is -0.493 e. The molecule has 0 saturated heterocycles. The first-order chi connectivity index (χ1) is 18.5. The first kappa shape index (κ1) is 28.4. The Hall–Kier alpha value is -3.57. The smallest absolute Gasteiger partial charge is 0.416 e. The Morgan fingerprint density at radius 3 is 2.38 bits per heavy atom. The van der Waals surface area contributed by atoms with Crippen LogP contribution in [-0.2, 0) is 32.4 Å². The number of nitrogens with zero attached hydrogens (tertiary/aromatic N) is 1. The topological polar surface area (TPSA) is 82.1 Å². The number of carbonyl (C=O) groups is 1. The van der Waals surface area contributed by atoms with Gasteiger partial charge in [-0.15, -0.1) is 0 Å². The highest BCUT2D eigenvalue weighted by atomic mass is 32.2. The van der Waals surface area contributed by atoms with Crippen molar-refractivity contribution in [3.05, 3.63) is 89.5 Å². The van der Waals surface area contributed by atoms with Gasteiger partial charge in [-0.2, -0.15) is 21.6 Å². The minimum atomic E-state index is -4.72. The lowest BCUT2D eigenvalue weighted by Crippen LogP contribution is -2.35. The van der Waals surface area contributed by atoms with Crippen molar-refractivity contribution in [2.75, 3.05) is 27.4 Å². The summed E-state index contributed by atoms with van der Waals surface area (Å²) in [6.07, 6.45) is -3.99. The molecule has 0 unspecified atom stereocenters. The predicted octanol–water partition coefficient (Wildman–Crippen LogP) is 5.26. The zero-order chi connectivity index (χ0) is 28.2. The summed E-state index contributed by atoms with van der Waals surface area (Å²) in [4.78, 5) is 14.4. The van der Waals surface area contributed by atoms with Crippen LogP contribution < -0.4 is 8.92 Å². The largest absolute Gasteiger partial charge is 0.493 e. The standard InChI is InChI=1S/C28H28F3NO6S/c1-36-14-13-32(27(33)24-17-23(24)20-7-4-3-5-8-20)18-19-11-12-25(37-2)26(15-19)38-39(34,35)22-10-6-9-21(16-22)28(29,30)31/h3-12,15-16,23-24H,13-14,17-18H2,1-2H3/t23-,24+/m0/s1. The molecule has 1 aliphatic rings. The highest BCUT2D eigenvalue weighted by molar-refractivity contribution is 7.87. The number of ether oxygens (including phenoxy) is 2. The van der Waals surface area contributed by atoms with Crippen LogP contribution in [0.1, 0.15) is 29.0 Å². The molecule has 208 valence electrons. The highest BCUT2D eigenvalue weighted by Crippen LogP contribution is 2.48. The molecule has 1 fully saturated rings. The highest BCUT2D eigenvalue weighted by Gasteiger charge is 2.45. The number of halogens is 3. The van der Waals surface area contributed by atoms with E-state index in [1.165, 1.54) is 26.4 Å². The van der Waals surface area contributed by atoms with E-state index in [4.69, 9.17) is 13.7 Å². The minimum absolute atomic E-state index is 0.0456. The predicted molar refractivity (Wildman–Crippen MR) is 137 cm³/mol. The number of hydrogen-bond donors (Lipinski definition) is 0. The van der Waals surface area contributed by atoms with Crippen LogP contribution in [-0.4, -0.2) is 46.6 Å². The van der Waals surface area contributed by atoms with Crippen LogP contribution in [0.4, 0.5) is 13.2 Å². The van der Waals surface area contributed by atoms with Gasteiger partial charge in [-0.25, -0.2) is 0 Å². The Labute approximate surface area is 225 Å². The molecule has 2 atom stereocenters. The Balaban J connectivity index is 1.55. The average Bonchev–Trinajstić information content (AvgIpc) is 3.72. The Morgan fingerprint density at radius 1 is 0.974 bits per heavy atom. The molecule has 4 rings (SSSR count). The van der Waals surface area contributed by atoms with Crippen LogP contribution in [0.5, 0.6) is 11.5 Å². The summed E-state index contributed by atoms with van der Waals surface area (Å²) in [7, 11) is -1.78. The monoisotopic (exact) mass is 563 g/mol. The van der Waals surface area contributed by atoms with E-state index < -0.39 is 26.8 Å². The summed E-state index contributed by atoms with van der Waals surface area (Å²) in [5.41, 5.74) is 0.531. The molecule has 39 heavy (non-hydrogen) atoms. The maximum absolute atomic E-state index is 13.4. The molecule has 0 N–H and O–H groups in total. The van der Waals surface area contributed by atoms with Crippen LogP contribution in [0.15, 0.2) is 77.7 Å². The van der Waals surface area contributed by atoms with E-state index >= 15 is 0 Å². The lowest BCUT2D eigenvalue weighted by molar-refractivity contribution is -0.137. The Bertz CT molecular complexity index is 1410. The maximum atomic E-state index is 13.4. The molecule has 0 aliphatic heterocycles. The van der Waals surface area contributed by atoms with Crippen molar-refractivity contribution >= 4 is 16.0 Å². The first-order valence-electron chi connectivity index (χ1n) is 12.1. The molecule has 0 bridgehead atoms. The summed E-state index contributed by atoms with van der Waals surface area (Å²) in [5, 5.41) is 0. The maximum Gasteiger partial charge on any atom is 0.416 e. The van der Waals surface area contributed by atoms with Gasteiger partial charge in [0.1, 0.15) is 4.90 Å². The summed E-state index contributed by atoms with van der Waals surface area (Å²) >= 11 is 0. The van der Waals surface area contributed by atoms with E-state index in [9.17, 15) is 26.4 Å². The molecule has 3 aromatic carbocycles. The summed E-state index contributed by atoms with van der Waals surface area (Å²) in [5.74, 6) is -0.220. The third-order valence-corrected chi connectivity index (χ3v) is 7.69. The molecular weight excluding hydrogens is 535 g/mol. The van der Waals surface area contributed by atoms with Gasteiger partial charge in [0.05, 0.1) is 19.3 Å². The summed E-state index contributed by atoms with van der Waals surface area (Å²) in [6.45, 7) is 0.764. The van der Waals surface area contributed by atoms with E-state index in [1.54, 1.807) is 11.0 Å². The fraction of sp³-hybridized carbons (Fsp3) is 0.321. The van der Waals surface area contributed by atoms with Gasteiger partial charge in [0, 0.05) is 26.1 Å². The second-order valence-corrected chi connectivity index (χ2v) is 10.7. The van der Waals surface area contributed by atoms with Gasteiger partial charge in [-0.1, -0.05) is 42.5 Å². The van der Waals surface area contributed by atoms with Crippen LogP contribution >= 0.6 is 0 Å². The van der Waals surface area contributed by atoms with Gasteiger partial charge in [0.15, 0.2) is 11.5 Å². The molecule has 3 aromatic rings. The lowest BCUT2D eigenvalue weighted by atomic mass is 10.1. The van der Waals surface area contributed by atoms with Crippen LogP contribution in [0, 0.1) is 5.92 Å².